The van der Waals surface area contributed by atoms with Crippen molar-refractivity contribution in [1.29, 1.82) is 0 Å². The summed E-state index contributed by atoms with van der Waals surface area (Å²) in [5.41, 5.74) is 0. The first kappa shape index (κ1) is 13.8. The third-order valence-electron chi connectivity index (χ3n) is 2.20. The van der Waals surface area contributed by atoms with Crippen molar-refractivity contribution in [2.24, 2.45) is 5.92 Å². The van der Waals surface area contributed by atoms with E-state index in [1.807, 2.05) is 6.92 Å². The molecule has 0 amide bonds. The van der Waals surface area contributed by atoms with Crippen LogP contribution < -0.4 is 0 Å². The minimum atomic E-state index is -0.901. The highest BCUT2D eigenvalue weighted by Gasteiger charge is 2.28. The third kappa shape index (κ3) is 4.72. The maximum absolute atomic E-state index is 11.5. The molecule has 0 fully saturated rings. The summed E-state index contributed by atoms with van der Waals surface area (Å²) in [6.45, 7) is 3.56. The van der Waals surface area contributed by atoms with E-state index in [0.29, 0.717) is 19.3 Å². The topological polar surface area (TPSA) is 60.4 Å². The second kappa shape index (κ2) is 7.15. The van der Waals surface area contributed by atoms with Gasteiger partial charge in [0, 0.05) is 19.3 Å². The Labute approximate surface area is 90.0 Å². The van der Waals surface area contributed by atoms with E-state index in [4.69, 9.17) is 0 Å². The van der Waals surface area contributed by atoms with Crippen molar-refractivity contribution < 1.29 is 19.1 Å². The summed E-state index contributed by atoms with van der Waals surface area (Å²) in [6, 6.07) is 0. The fourth-order valence-electron chi connectivity index (χ4n) is 1.26. The summed E-state index contributed by atoms with van der Waals surface area (Å²) in [5.74, 6) is -1.79. The predicted octanol–water partition coefficient (Wildman–Crippen LogP) is 1.51. The van der Waals surface area contributed by atoms with Crippen LogP contribution >= 0.6 is 0 Å². The van der Waals surface area contributed by atoms with Crippen LogP contribution in [-0.4, -0.2) is 24.6 Å². The number of methoxy groups -OCH3 is 1. The van der Waals surface area contributed by atoms with E-state index >= 15 is 0 Å². The molecular weight excluding hydrogens is 196 g/mol. The van der Waals surface area contributed by atoms with E-state index in [1.54, 1.807) is 6.92 Å². The number of esters is 1. The lowest BCUT2D eigenvalue weighted by molar-refractivity contribution is -0.151. The Kier molecular flexibility index (Phi) is 6.58. The van der Waals surface area contributed by atoms with Crippen LogP contribution in [0, 0.1) is 5.92 Å². The first-order chi connectivity index (χ1) is 7.06. The van der Waals surface area contributed by atoms with Crippen molar-refractivity contribution in [3.8, 4) is 0 Å². The highest BCUT2D eigenvalue weighted by atomic mass is 16.5. The Hall–Kier alpha value is -1.19. The fourth-order valence-corrected chi connectivity index (χ4v) is 1.26. The normalized spacial score (nSPS) is 11.9. The van der Waals surface area contributed by atoms with Crippen LogP contribution in [0.15, 0.2) is 0 Å². The minimum Gasteiger partial charge on any atom is -0.468 e. The molecule has 0 aromatic rings. The van der Waals surface area contributed by atoms with Gasteiger partial charge in [0.2, 0.25) is 0 Å². The first-order valence-electron chi connectivity index (χ1n) is 5.19. The van der Waals surface area contributed by atoms with Gasteiger partial charge in [0.15, 0.2) is 0 Å². The molecule has 0 aromatic carbocycles. The number of hydrogen-bond acceptors (Lipinski definition) is 4. The summed E-state index contributed by atoms with van der Waals surface area (Å²) in [7, 11) is 1.23. The molecule has 0 rings (SSSR count). The van der Waals surface area contributed by atoms with Crippen LogP contribution in [0.1, 0.15) is 39.5 Å². The molecule has 15 heavy (non-hydrogen) atoms. The van der Waals surface area contributed by atoms with Crippen LogP contribution in [0.25, 0.3) is 0 Å². The molecule has 4 nitrogen and oxygen atoms in total. The Morgan fingerprint density at radius 3 is 2.20 bits per heavy atom. The van der Waals surface area contributed by atoms with Gasteiger partial charge in [0.25, 0.3) is 0 Å². The minimum absolute atomic E-state index is 0.0258. The molecule has 0 aromatic heterocycles. The average Bonchev–Trinajstić information content (AvgIpc) is 2.24. The Morgan fingerprint density at radius 2 is 1.80 bits per heavy atom. The lowest BCUT2D eigenvalue weighted by atomic mass is 9.94. The zero-order valence-electron chi connectivity index (χ0n) is 9.54. The summed E-state index contributed by atoms with van der Waals surface area (Å²) < 4.78 is 4.51. The first-order valence-corrected chi connectivity index (χ1v) is 5.19. The molecule has 0 bridgehead atoms. The van der Waals surface area contributed by atoms with Gasteiger partial charge >= 0.3 is 5.97 Å². The second-order valence-corrected chi connectivity index (χ2v) is 3.39. The fraction of sp³-hybridized carbons (Fsp3) is 0.727. The SMILES string of the molecule is CCCC(=O)C(CC(=O)CC)C(=O)OC. The largest absolute Gasteiger partial charge is 0.468 e. The lowest BCUT2D eigenvalue weighted by Gasteiger charge is -2.11. The summed E-state index contributed by atoms with van der Waals surface area (Å²) in [6.07, 6.45) is 1.30. The van der Waals surface area contributed by atoms with E-state index < -0.39 is 11.9 Å². The molecule has 0 spiro atoms. The van der Waals surface area contributed by atoms with Gasteiger partial charge in [-0.05, 0) is 6.42 Å². The van der Waals surface area contributed by atoms with Gasteiger partial charge in [-0.1, -0.05) is 13.8 Å². The Bertz CT molecular complexity index is 245. The molecule has 1 atom stereocenters. The van der Waals surface area contributed by atoms with Crippen molar-refractivity contribution in [3.63, 3.8) is 0 Å². The van der Waals surface area contributed by atoms with Gasteiger partial charge in [0.1, 0.15) is 17.5 Å². The molecule has 0 heterocycles. The van der Waals surface area contributed by atoms with Crippen LogP contribution in [0.5, 0.6) is 0 Å². The van der Waals surface area contributed by atoms with Gasteiger partial charge < -0.3 is 4.74 Å². The zero-order valence-corrected chi connectivity index (χ0v) is 9.54. The molecule has 0 N–H and O–H groups in total. The quantitative estimate of drug-likeness (QED) is 0.476. The van der Waals surface area contributed by atoms with Crippen molar-refractivity contribution in [2.75, 3.05) is 7.11 Å². The highest BCUT2D eigenvalue weighted by Crippen LogP contribution is 2.12. The molecule has 0 radical (unpaired) electrons. The zero-order chi connectivity index (χ0) is 11.8. The number of ether oxygens (including phenoxy) is 1. The van der Waals surface area contributed by atoms with Gasteiger partial charge in [-0.25, -0.2) is 0 Å². The van der Waals surface area contributed by atoms with E-state index in [1.165, 1.54) is 7.11 Å². The second-order valence-electron chi connectivity index (χ2n) is 3.39. The molecule has 1 unspecified atom stereocenters. The maximum Gasteiger partial charge on any atom is 0.316 e. The maximum atomic E-state index is 11.5. The van der Waals surface area contributed by atoms with Crippen molar-refractivity contribution in [3.05, 3.63) is 0 Å². The molecule has 0 aliphatic rings. The van der Waals surface area contributed by atoms with E-state index in [0.717, 1.165) is 0 Å². The van der Waals surface area contributed by atoms with Crippen molar-refractivity contribution in [2.45, 2.75) is 39.5 Å². The highest BCUT2D eigenvalue weighted by molar-refractivity contribution is 6.02. The summed E-state index contributed by atoms with van der Waals surface area (Å²) in [4.78, 5) is 34.0. The molecular formula is C11H18O4. The number of carbonyl (C=O) groups is 3. The van der Waals surface area contributed by atoms with E-state index in [2.05, 4.69) is 4.74 Å². The van der Waals surface area contributed by atoms with Crippen LogP contribution in [0.4, 0.5) is 0 Å². The average molecular weight is 214 g/mol. The van der Waals surface area contributed by atoms with Gasteiger partial charge in [-0.15, -0.1) is 0 Å². The number of hydrogen-bond donors (Lipinski definition) is 0. The Balaban J connectivity index is 4.50. The smallest absolute Gasteiger partial charge is 0.316 e. The molecule has 0 aliphatic heterocycles. The molecule has 0 saturated heterocycles. The lowest BCUT2D eigenvalue weighted by Crippen LogP contribution is -2.27. The van der Waals surface area contributed by atoms with Crippen molar-refractivity contribution in [1.82, 2.24) is 0 Å². The number of ketones is 2. The molecule has 0 saturated carbocycles. The van der Waals surface area contributed by atoms with Gasteiger partial charge in [-0.2, -0.15) is 0 Å². The third-order valence-corrected chi connectivity index (χ3v) is 2.20. The van der Waals surface area contributed by atoms with E-state index in [9.17, 15) is 14.4 Å². The van der Waals surface area contributed by atoms with Crippen LogP contribution in [-0.2, 0) is 19.1 Å². The predicted molar refractivity (Wildman–Crippen MR) is 55.3 cm³/mol. The number of carbonyl (C=O) groups excluding carboxylic acids is 3. The molecule has 4 heteroatoms. The number of rotatable bonds is 7. The van der Waals surface area contributed by atoms with Crippen LogP contribution in [0.3, 0.4) is 0 Å². The summed E-state index contributed by atoms with van der Waals surface area (Å²) in [5, 5.41) is 0. The van der Waals surface area contributed by atoms with E-state index in [-0.39, 0.29) is 18.0 Å². The Morgan fingerprint density at radius 1 is 1.20 bits per heavy atom. The molecule has 86 valence electrons. The van der Waals surface area contributed by atoms with Crippen molar-refractivity contribution >= 4 is 17.5 Å². The van der Waals surface area contributed by atoms with Crippen LogP contribution in [0.2, 0.25) is 0 Å². The van der Waals surface area contributed by atoms with Gasteiger partial charge in [0.05, 0.1) is 7.11 Å². The standard InChI is InChI=1S/C11H18O4/c1-4-6-10(13)9(11(14)15-3)7-8(12)5-2/h9H,4-7H2,1-3H3. The van der Waals surface area contributed by atoms with Gasteiger partial charge in [-0.3, -0.25) is 14.4 Å². The molecule has 0 aliphatic carbocycles. The monoisotopic (exact) mass is 214 g/mol. The summed E-state index contributed by atoms with van der Waals surface area (Å²) >= 11 is 0. The number of Topliss-reactive ketones (excluding diaryl/α,β-unsaturated/α-hetero) is 2.